The van der Waals surface area contributed by atoms with Gasteiger partial charge in [0.05, 0.1) is 17.4 Å². The third kappa shape index (κ3) is 2.94. The van der Waals surface area contributed by atoms with Crippen molar-refractivity contribution in [3.8, 4) is 0 Å². The van der Waals surface area contributed by atoms with Crippen molar-refractivity contribution in [3.05, 3.63) is 30.1 Å². The molecule has 4 heteroatoms. The third-order valence-electron chi connectivity index (χ3n) is 5.98. The Morgan fingerprint density at radius 1 is 1.12 bits per heavy atom. The van der Waals surface area contributed by atoms with Crippen LogP contribution in [0.3, 0.4) is 0 Å². The molecular weight excluding hydrogens is 298 g/mol. The molecule has 2 unspecified atom stereocenters. The van der Waals surface area contributed by atoms with Crippen molar-refractivity contribution < 1.29 is 4.79 Å². The maximum absolute atomic E-state index is 12.6. The van der Waals surface area contributed by atoms with E-state index in [0.717, 1.165) is 23.0 Å². The van der Waals surface area contributed by atoms with Crippen LogP contribution in [-0.4, -0.2) is 21.5 Å². The first-order valence-electron chi connectivity index (χ1n) is 9.50. The van der Waals surface area contributed by atoms with E-state index in [1.165, 1.54) is 44.9 Å². The molecule has 24 heavy (non-hydrogen) atoms. The maximum Gasteiger partial charge on any atom is 0.251 e. The van der Waals surface area contributed by atoms with E-state index in [1.54, 1.807) is 0 Å². The smallest absolute Gasteiger partial charge is 0.251 e. The molecule has 2 aromatic rings. The molecule has 0 bridgehead atoms. The first-order valence-corrected chi connectivity index (χ1v) is 9.50. The fourth-order valence-electron chi connectivity index (χ4n) is 4.43. The monoisotopic (exact) mass is 325 g/mol. The summed E-state index contributed by atoms with van der Waals surface area (Å²) in [7, 11) is 0. The average Bonchev–Trinajstić information content (AvgIpc) is 3.25. The van der Waals surface area contributed by atoms with Crippen LogP contribution >= 0.6 is 0 Å². The van der Waals surface area contributed by atoms with Gasteiger partial charge in [-0.2, -0.15) is 0 Å². The van der Waals surface area contributed by atoms with Gasteiger partial charge in [0, 0.05) is 17.6 Å². The summed E-state index contributed by atoms with van der Waals surface area (Å²) in [4.78, 5) is 17.2. The second-order valence-corrected chi connectivity index (χ2v) is 7.64. The molecule has 1 heterocycles. The number of amides is 1. The lowest BCUT2D eigenvalue weighted by molar-refractivity contribution is 0.0910. The molecule has 1 amide bonds. The normalized spacial score (nSPS) is 25.2. The second-order valence-electron chi connectivity index (χ2n) is 7.64. The molecule has 1 N–H and O–H groups in total. The van der Waals surface area contributed by atoms with Crippen molar-refractivity contribution in [2.24, 2.45) is 5.92 Å². The van der Waals surface area contributed by atoms with Gasteiger partial charge < -0.3 is 9.88 Å². The Kier molecular flexibility index (Phi) is 4.30. The number of rotatable bonds is 3. The largest absolute Gasteiger partial charge is 0.349 e. The molecule has 0 saturated heterocycles. The lowest BCUT2D eigenvalue weighted by Gasteiger charge is -2.29. The fraction of sp³-hybridized carbons (Fsp3) is 0.600. The van der Waals surface area contributed by atoms with E-state index in [-0.39, 0.29) is 5.91 Å². The lowest BCUT2D eigenvalue weighted by Crippen LogP contribution is -2.41. The van der Waals surface area contributed by atoms with Gasteiger partial charge in [-0.3, -0.25) is 4.79 Å². The zero-order valence-corrected chi connectivity index (χ0v) is 14.5. The number of fused-ring (bicyclic) bond motifs is 1. The Bertz CT molecular complexity index is 730. The highest BCUT2D eigenvalue weighted by atomic mass is 16.1. The summed E-state index contributed by atoms with van der Waals surface area (Å²) in [6, 6.07) is 6.87. The maximum atomic E-state index is 12.6. The molecule has 2 aliphatic carbocycles. The molecule has 4 rings (SSSR count). The van der Waals surface area contributed by atoms with Gasteiger partial charge in [-0.15, -0.1) is 0 Å². The Morgan fingerprint density at radius 3 is 2.67 bits per heavy atom. The summed E-state index contributed by atoms with van der Waals surface area (Å²) >= 11 is 0. The highest BCUT2D eigenvalue weighted by molar-refractivity contribution is 5.97. The Balaban J connectivity index is 1.53. The summed E-state index contributed by atoms with van der Waals surface area (Å²) in [6.07, 6.45) is 11.9. The molecule has 2 saturated carbocycles. The molecule has 1 aromatic carbocycles. The van der Waals surface area contributed by atoms with E-state index in [9.17, 15) is 4.79 Å². The summed E-state index contributed by atoms with van der Waals surface area (Å²) in [5.41, 5.74) is 2.83. The summed E-state index contributed by atoms with van der Waals surface area (Å²) in [5.74, 6) is 0.624. The second kappa shape index (κ2) is 6.58. The zero-order valence-electron chi connectivity index (χ0n) is 14.5. The first kappa shape index (κ1) is 15.7. The zero-order chi connectivity index (χ0) is 16.5. The highest BCUT2D eigenvalue weighted by Gasteiger charge is 2.24. The van der Waals surface area contributed by atoms with E-state index in [1.807, 2.05) is 18.5 Å². The summed E-state index contributed by atoms with van der Waals surface area (Å²) < 4.78 is 2.30. The average molecular weight is 325 g/mol. The molecule has 2 atom stereocenters. The molecular formula is C20H27N3O. The van der Waals surface area contributed by atoms with E-state index >= 15 is 0 Å². The highest BCUT2D eigenvalue weighted by Crippen LogP contribution is 2.32. The van der Waals surface area contributed by atoms with Crippen molar-refractivity contribution in [3.63, 3.8) is 0 Å². The summed E-state index contributed by atoms with van der Waals surface area (Å²) in [6.45, 7) is 2.25. The predicted octanol–water partition coefficient (Wildman–Crippen LogP) is 4.46. The van der Waals surface area contributed by atoms with Gasteiger partial charge in [0.15, 0.2) is 0 Å². The van der Waals surface area contributed by atoms with Crippen molar-refractivity contribution in [1.29, 1.82) is 0 Å². The molecule has 4 nitrogen and oxygen atoms in total. The standard InChI is InChI=1S/C20H27N3O/c1-14-6-2-5-9-17(14)22-20(24)15-10-11-19-18(12-15)21-13-23(19)16-7-3-4-8-16/h10-14,16-17H,2-9H2,1H3,(H,22,24). The Labute approximate surface area is 143 Å². The van der Waals surface area contributed by atoms with Crippen molar-refractivity contribution in [2.75, 3.05) is 0 Å². The Morgan fingerprint density at radius 2 is 1.88 bits per heavy atom. The van der Waals surface area contributed by atoms with Gasteiger partial charge in [-0.1, -0.05) is 32.6 Å². The van der Waals surface area contributed by atoms with Crippen LogP contribution in [-0.2, 0) is 0 Å². The number of benzene rings is 1. The van der Waals surface area contributed by atoms with Gasteiger partial charge in [0.25, 0.3) is 5.91 Å². The molecule has 2 aliphatic rings. The van der Waals surface area contributed by atoms with Crippen molar-refractivity contribution in [1.82, 2.24) is 14.9 Å². The van der Waals surface area contributed by atoms with Crippen LogP contribution in [0.25, 0.3) is 11.0 Å². The van der Waals surface area contributed by atoms with E-state index in [4.69, 9.17) is 0 Å². The molecule has 0 aliphatic heterocycles. The van der Waals surface area contributed by atoms with Crippen LogP contribution in [0.2, 0.25) is 0 Å². The van der Waals surface area contributed by atoms with Crippen molar-refractivity contribution in [2.45, 2.75) is 70.4 Å². The molecule has 2 fully saturated rings. The van der Waals surface area contributed by atoms with Gasteiger partial charge >= 0.3 is 0 Å². The van der Waals surface area contributed by atoms with E-state index in [2.05, 4.69) is 27.9 Å². The van der Waals surface area contributed by atoms with Gasteiger partial charge in [-0.25, -0.2) is 4.98 Å². The number of hydrogen-bond donors (Lipinski definition) is 1. The van der Waals surface area contributed by atoms with Crippen LogP contribution < -0.4 is 5.32 Å². The lowest BCUT2D eigenvalue weighted by atomic mass is 9.86. The van der Waals surface area contributed by atoms with Crippen molar-refractivity contribution >= 4 is 16.9 Å². The first-order chi connectivity index (χ1) is 11.7. The van der Waals surface area contributed by atoms with Crippen LogP contribution in [0, 0.1) is 5.92 Å². The molecule has 0 radical (unpaired) electrons. The topological polar surface area (TPSA) is 46.9 Å². The predicted molar refractivity (Wildman–Crippen MR) is 96.1 cm³/mol. The van der Waals surface area contributed by atoms with Crippen LogP contribution in [0.5, 0.6) is 0 Å². The number of nitrogens with zero attached hydrogens (tertiary/aromatic N) is 2. The van der Waals surface area contributed by atoms with Crippen LogP contribution in [0.1, 0.15) is 74.7 Å². The molecule has 1 aromatic heterocycles. The quantitative estimate of drug-likeness (QED) is 0.905. The van der Waals surface area contributed by atoms with E-state index < -0.39 is 0 Å². The third-order valence-corrected chi connectivity index (χ3v) is 5.98. The van der Waals surface area contributed by atoms with Gasteiger partial charge in [0.1, 0.15) is 0 Å². The molecule has 128 valence electrons. The number of hydrogen-bond acceptors (Lipinski definition) is 2. The van der Waals surface area contributed by atoms with Crippen LogP contribution in [0.15, 0.2) is 24.5 Å². The minimum atomic E-state index is 0.0473. The fourth-order valence-corrected chi connectivity index (χ4v) is 4.43. The Hall–Kier alpha value is -1.84. The van der Waals surface area contributed by atoms with Gasteiger partial charge in [-0.05, 0) is 49.8 Å². The number of carbonyl (C=O) groups is 1. The summed E-state index contributed by atoms with van der Waals surface area (Å²) in [5, 5.41) is 3.24. The number of imidazole rings is 1. The molecule has 0 spiro atoms. The number of nitrogens with one attached hydrogen (secondary N) is 1. The number of aromatic nitrogens is 2. The van der Waals surface area contributed by atoms with Crippen LogP contribution in [0.4, 0.5) is 0 Å². The minimum absolute atomic E-state index is 0.0473. The van der Waals surface area contributed by atoms with E-state index in [0.29, 0.717) is 18.0 Å². The SMILES string of the molecule is CC1CCCCC1NC(=O)c1ccc2c(c1)ncn2C1CCCC1. The minimum Gasteiger partial charge on any atom is -0.349 e. The van der Waals surface area contributed by atoms with Gasteiger partial charge in [0.2, 0.25) is 0 Å². The number of carbonyl (C=O) groups excluding carboxylic acids is 1.